The van der Waals surface area contributed by atoms with Crippen molar-refractivity contribution in [1.82, 2.24) is 9.80 Å². The summed E-state index contributed by atoms with van der Waals surface area (Å²) in [7, 11) is 0. The minimum absolute atomic E-state index is 0.0282. The molecule has 108 valence electrons. The zero-order valence-electron chi connectivity index (χ0n) is 10.9. The molecular weight excluding hydrogens is 252 g/mol. The quantitative estimate of drug-likeness (QED) is 0.669. The lowest BCUT2D eigenvalue weighted by Gasteiger charge is -2.29. The van der Waals surface area contributed by atoms with Gasteiger partial charge in [-0.15, -0.1) is 0 Å². The van der Waals surface area contributed by atoms with Gasteiger partial charge in [0, 0.05) is 19.6 Å². The number of hydrogen-bond donors (Lipinski definition) is 2. The van der Waals surface area contributed by atoms with Crippen LogP contribution in [-0.4, -0.2) is 70.6 Å². The predicted octanol–water partition coefficient (Wildman–Crippen LogP) is -0.140. The summed E-state index contributed by atoms with van der Waals surface area (Å²) in [5, 5.41) is 17.4. The van der Waals surface area contributed by atoms with Gasteiger partial charge in [0.2, 0.25) is 5.91 Å². The van der Waals surface area contributed by atoms with Crippen molar-refractivity contribution in [2.45, 2.75) is 25.7 Å². The van der Waals surface area contributed by atoms with Crippen LogP contribution in [0.3, 0.4) is 0 Å². The number of carbonyl (C=O) groups excluding carboxylic acids is 1. The van der Waals surface area contributed by atoms with Crippen LogP contribution in [0.4, 0.5) is 0 Å². The van der Waals surface area contributed by atoms with Crippen molar-refractivity contribution >= 4 is 17.8 Å². The molecular formula is C12H20N2O5. The molecule has 1 rings (SSSR count). The fourth-order valence-electron chi connectivity index (χ4n) is 2.09. The smallest absolute Gasteiger partial charge is 0.317 e. The van der Waals surface area contributed by atoms with Crippen molar-refractivity contribution in [3.63, 3.8) is 0 Å². The van der Waals surface area contributed by atoms with Gasteiger partial charge in [0.15, 0.2) is 0 Å². The Bertz CT molecular complexity index is 339. The Morgan fingerprint density at radius 3 is 2.11 bits per heavy atom. The second-order valence-corrected chi connectivity index (χ2v) is 4.69. The summed E-state index contributed by atoms with van der Waals surface area (Å²) in [5.74, 6) is -2.18. The Kier molecular flexibility index (Phi) is 6.27. The molecule has 2 N–H and O–H groups in total. The topological polar surface area (TPSA) is 98.1 Å². The summed E-state index contributed by atoms with van der Waals surface area (Å²) in [5.41, 5.74) is 0. The first kappa shape index (κ1) is 15.4. The Morgan fingerprint density at radius 1 is 0.947 bits per heavy atom. The van der Waals surface area contributed by atoms with Gasteiger partial charge in [0.05, 0.1) is 19.5 Å². The van der Waals surface area contributed by atoms with Crippen molar-refractivity contribution in [1.29, 1.82) is 0 Å². The lowest BCUT2D eigenvalue weighted by molar-refractivity contribution is -0.142. The molecule has 0 atom stereocenters. The van der Waals surface area contributed by atoms with E-state index in [1.807, 2.05) is 0 Å². The van der Waals surface area contributed by atoms with Gasteiger partial charge >= 0.3 is 11.9 Å². The third-order valence-corrected chi connectivity index (χ3v) is 3.07. The molecule has 0 aromatic heterocycles. The summed E-state index contributed by atoms with van der Waals surface area (Å²) < 4.78 is 0. The third kappa shape index (κ3) is 6.19. The number of carbonyl (C=O) groups is 3. The average molecular weight is 272 g/mol. The highest BCUT2D eigenvalue weighted by molar-refractivity contribution is 5.79. The van der Waals surface area contributed by atoms with Crippen molar-refractivity contribution in [3.8, 4) is 0 Å². The number of carboxylic acid groups (broad SMARTS) is 2. The van der Waals surface area contributed by atoms with Crippen LogP contribution in [0.5, 0.6) is 0 Å². The molecule has 0 aromatic rings. The molecule has 1 aliphatic rings. The first-order valence-corrected chi connectivity index (χ1v) is 6.42. The van der Waals surface area contributed by atoms with Crippen LogP contribution in [0.2, 0.25) is 0 Å². The second kappa shape index (κ2) is 7.73. The number of piperidine rings is 1. The number of hydrogen-bond acceptors (Lipinski definition) is 4. The van der Waals surface area contributed by atoms with Gasteiger partial charge in [-0.1, -0.05) is 0 Å². The van der Waals surface area contributed by atoms with Crippen molar-refractivity contribution in [2.24, 2.45) is 0 Å². The zero-order valence-corrected chi connectivity index (χ0v) is 10.9. The van der Waals surface area contributed by atoms with E-state index in [4.69, 9.17) is 10.2 Å². The van der Waals surface area contributed by atoms with E-state index >= 15 is 0 Å². The van der Waals surface area contributed by atoms with Gasteiger partial charge in [0.1, 0.15) is 0 Å². The normalized spacial score (nSPS) is 15.5. The van der Waals surface area contributed by atoms with Gasteiger partial charge < -0.3 is 15.1 Å². The predicted molar refractivity (Wildman–Crippen MR) is 66.8 cm³/mol. The summed E-state index contributed by atoms with van der Waals surface area (Å²) in [6, 6.07) is 0. The van der Waals surface area contributed by atoms with E-state index in [0.717, 1.165) is 19.3 Å². The average Bonchev–Trinajstić information content (AvgIpc) is 2.36. The Balaban J connectivity index is 2.46. The number of carboxylic acids is 2. The number of rotatable bonds is 7. The Labute approximate surface area is 111 Å². The number of likely N-dealkylation sites (tertiary alicyclic amines) is 1. The van der Waals surface area contributed by atoms with Crippen LogP contribution < -0.4 is 0 Å². The van der Waals surface area contributed by atoms with Crippen LogP contribution in [-0.2, 0) is 14.4 Å². The lowest BCUT2D eigenvalue weighted by atomic mass is 10.1. The van der Waals surface area contributed by atoms with Crippen LogP contribution in [0.25, 0.3) is 0 Å². The van der Waals surface area contributed by atoms with Crippen LogP contribution in [0.15, 0.2) is 0 Å². The van der Waals surface area contributed by atoms with E-state index in [1.54, 1.807) is 4.90 Å². The van der Waals surface area contributed by atoms with E-state index in [0.29, 0.717) is 13.1 Å². The number of aliphatic carboxylic acids is 2. The van der Waals surface area contributed by atoms with Gasteiger partial charge in [-0.2, -0.15) is 0 Å². The highest BCUT2D eigenvalue weighted by Gasteiger charge is 2.20. The minimum atomic E-state index is -1.06. The summed E-state index contributed by atoms with van der Waals surface area (Å²) >= 11 is 0. The molecule has 0 radical (unpaired) electrons. The molecule has 7 heteroatoms. The fraction of sp³-hybridized carbons (Fsp3) is 0.750. The lowest BCUT2D eigenvalue weighted by Crippen LogP contribution is -2.44. The molecule has 0 unspecified atom stereocenters. The van der Waals surface area contributed by atoms with Crippen molar-refractivity contribution in [2.75, 3.05) is 32.7 Å². The molecule has 1 heterocycles. The first-order valence-electron chi connectivity index (χ1n) is 6.42. The minimum Gasteiger partial charge on any atom is -0.481 e. The summed E-state index contributed by atoms with van der Waals surface area (Å²) in [4.78, 5) is 36.3. The largest absolute Gasteiger partial charge is 0.481 e. The third-order valence-electron chi connectivity index (χ3n) is 3.07. The molecule has 1 saturated heterocycles. The van der Waals surface area contributed by atoms with E-state index in [9.17, 15) is 14.4 Å². The highest BCUT2D eigenvalue weighted by Crippen LogP contribution is 2.09. The number of nitrogens with zero attached hydrogens (tertiary/aromatic N) is 2. The van der Waals surface area contributed by atoms with E-state index in [2.05, 4.69) is 0 Å². The molecule has 1 aliphatic heterocycles. The molecule has 0 saturated carbocycles. The standard InChI is InChI=1S/C12H20N2O5/c15-10(14-5-2-1-3-6-14)8-13(9-12(18)19)7-4-11(16)17/h1-9H2,(H,16,17)(H,18,19). The molecule has 7 nitrogen and oxygen atoms in total. The first-order chi connectivity index (χ1) is 8.99. The van der Waals surface area contributed by atoms with E-state index in [1.165, 1.54) is 4.90 Å². The van der Waals surface area contributed by atoms with Crippen molar-refractivity contribution in [3.05, 3.63) is 0 Å². The summed E-state index contributed by atoms with van der Waals surface area (Å²) in [6.07, 6.45) is 2.89. The summed E-state index contributed by atoms with van der Waals surface area (Å²) in [6.45, 7) is 1.14. The monoisotopic (exact) mass is 272 g/mol. The van der Waals surface area contributed by atoms with Gasteiger partial charge in [-0.05, 0) is 19.3 Å². The molecule has 0 spiro atoms. The maximum atomic E-state index is 12.0. The Morgan fingerprint density at radius 2 is 1.58 bits per heavy atom. The van der Waals surface area contributed by atoms with E-state index in [-0.39, 0.29) is 32.0 Å². The molecule has 0 bridgehead atoms. The van der Waals surface area contributed by atoms with Crippen LogP contribution >= 0.6 is 0 Å². The van der Waals surface area contributed by atoms with Gasteiger partial charge in [-0.3, -0.25) is 19.3 Å². The fourth-order valence-corrected chi connectivity index (χ4v) is 2.09. The Hall–Kier alpha value is -1.63. The maximum absolute atomic E-state index is 12.0. The second-order valence-electron chi connectivity index (χ2n) is 4.69. The zero-order chi connectivity index (χ0) is 14.3. The van der Waals surface area contributed by atoms with Crippen molar-refractivity contribution < 1.29 is 24.6 Å². The van der Waals surface area contributed by atoms with Gasteiger partial charge in [-0.25, -0.2) is 0 Å². The van der Waals surface area contributed by atoms with Crippen LogP contribution in [0, 0.1) is 0 Å². The highest BCUT2D eigenvalue weighted by atomic mass is 16.4. The molecule has 0 aromatic carbocycles. The molecule has 1 amide bonds. The van der Waals surface area contributed by atoms with Crippen LogP contribution in [0.1, 0.15) is 25.7 Å². The molecule has 0 aliphatic carbocycles. The van der Waals surface area contributed by atoms with E-state index < -0.39 is 11.9 Å². The number of amides is 1. The van der Waals surface area contributed by atoms with Gasteiger partial charge in [0.25, 0.3) is 0 Å². The molecule has 1 fully saturated rings. The SMILES string of the molecule is O=C(O)CCN(CC(=O)O)CC(=O)N1CCCCC1. The maximum Gasteiger partial charge on any atom is 0.317 e. The molecule has 19 heavy (non-hydrogen) atoms.